The molecular formula is C19H17Cl2N3O3. The number of nitrogens with zero attached hydrogens (tertiary/aromatic N) is 2. The molecule has 0 bridgehead atoms. The number of aromatic nitrogens is 1. The van der Waals surface area contributed by atoms with Crippen LogP contribution in [-0.2, 0) is 0 Å². The van der Waals surface area contributed by atoms with Crippen molar-refractivity contribution in [1.82, 2.24) is 10.3 Å². The highest BCUT2D eigenvalue weighted by molar-refractivity contribution is 6.34. The molecule has 1 aromatic carbocycles. The Morgan fingerprint density at radius 3 is 2.67 bits per heavy atom. The summed E-state index contributed by atoms with van der Waals surface area (Å²) in [5.74, 6) is 3.99. The molecule has 0 radical (unpaired) electrons. The molecule has 2 N–H and O–H groups in total. The summed E-state index contributed by atoms with van der Waals surface area (Å²) in [7, 11) is 0. The van der Waals surface area contributed by atoms with E-state index in [0.717, 1.165) is 0 Å². The summed E-state index contributed by atoms with van der Waals surface area (Å²) in [4.78, 5) is 17.1. The lowest BCUT2D eigenvalue weighted by Gasteiger charge is -2.33. The minimum atomic E-state index is -1.01. The van der Waals surface area contributed by atoms with Crippen molar-refractivity contribution >= 4 is 35.1 Å². The molecule has 140 valence electrons. The maximum Gasteiger partial charge on any atom is 0.404 e. The minimum Gasteiger partial charge on any atom is -0.465 e. The number of ether oxygens (including phenoxy) is 1. The van der Waals surface area contributed by atoms with Crippen molar-refractivity contribution in [2.75, 3.05) is 18.0 Å². The van der Waals surface area contributed by atoms with Gasteiger partial charge in [-0.3, -0.25) is 0 Å². The van der Waals surface area contributed by atoms with Crippen molar-refractivity contribution in [1.29, 1.82) is 0 Å². The molecule has 0 spiro atoms. The van der Waals surface area contributed by atoms with E-state index in [0.29, 0.717) is 58.9 Å². The molecule has 1 aromatic heterocycles. The van der Waals surface area contributed by atoms with Gasteiger partial charge in [0, 0.05) is 37.0 Å². The number of carboxylic acid groups (broad SMARTS) is 1. The number of anilines is 1. The molecular weight excluding hydrogens is 389 g/mol. The second kappa shape index (κ2) is 8.38. The van der Waals surface area contributed by atoms with Crippen LogP contribution in [-0.4, -0.2) is 35.3 Å². The number of carbonyl (C=O) groups is 1. The lowest BCUT2D eigenvalue weighted by molar-refractivity contribution is 0.187. The Labute approximate surface area is 167 Å². The number of terminal acetylenes is 1. The molecule has 2 aromatic rings. The van der Waals surface area contributed by atoms with E-state index >= 15 is 0 Å². The largest absolute Gasteiger partial charge is 0.465 e. The lowest BCUT2D eigenvalue weighted by atomic mass is 10.1. The maximum absolute atomic E-state index is 10.8. The van der Waals surface area contributed by atoms with Gasteiger partial charge in [-0.2, -0.15) is 0 Å². The number of hydrogen-bond donors (Lipinski definition) is 2. The molecule has 1 amide bonds. The van der Waals surface area contributed by atoms with Gasteiger partial charge in [-0.25, -0.2) is 9.78 Å². The van der Waals surface area contributed by atoms with E-state index in [9.17, 15) is 4.79 Å². The zero-order valence-electron chi connectivity index (χ0n) is 14.3. The Bertz CT molecular complexity index is 890. The van der Waals surface area contributed by atoms with Gasteiger partial charge in [0.1, 0.15) is 10.8 Å². The molecule has 27 heavy (non-hydrogen) atoms. The number of benzene rings is 1. The average molecular weight is 406 g/mol. The Balaban J connectivity index is 1.75. The van der Waals surface area contributed by atoms with E-state index in [1.165, 1.54) is 0 Å². The standard InChI is InChI=1S/C19H17Cl2N3O3/c1-2-12-3-4-15(14(20)11-12)27-16-5-8-22-18(17(16)21)24-9-6-13(7-10-24)23-19(25)26/h1,3-5,8,11,13,23H,6-7,9-10H2,(H,25,26). The molecule has 0 saturated carbocycles. The zero-order valence-corrected chi connectivity index (χ0v) is 15.8. The molecule has 2 heterocycles. The summed E-state index contributed by atoms with van der Waals surface area (Å²) in [5.41, 5.74) is 0.659. The van der Waals surface area contributed by atoms with Gasteiger partial charge in [-0.1, -0.05) is 29.1 Å². The van der Waals surface area contributed by atoms with Gasteiger partial charge in [-0.15, -0.1) is 6.42 Å². The summed E-state index contributed by atoms with van der Waals surface area (Å²) in [5, 5.41) is 12.1. The van der Waals surface area contributed by atoms with Crippen LogP contribution in [0.4, 0.5) is 10.6 Å². The molecule has 1 aliphatic rings. The Kier molecular flexibility index (Phi) is 5.94. The molecule has 1 fully saturated rings. The van der Waals surface area contributed by atoms with E-state index in [1.807, 2.05) is 4.90 Å². The fourth-order valence-corrected chi connectivity index (χ4v) is 3.41. The first-order chi connectivity index (χ1) is 13.0. The molecule has 0 unspecified atom stereocenters. The molecule has 3 rings (SSSR count). The normalized spacial score (nSPS) is 14.5. The molecule has 8 heteroatoms. The van der Waals surface area contributed by atoms with Crippen LogP contribution in [0.3, 0.4) is 0 Å². The van der Waals surface area contributed by atoms with Gasteiger partial charge in [0.15, 0.2) is 11.6 Å². The quantitative estimate of drug-likeness (QED) is 0.737. The first-order valence-corrected chi connectivity index (χ1v) is 9.06. The van der Waals surface area contributed by atoms with Crippen LogP contribution in [0.15, 0.2) is 30.5 Å². The Morgan fingerprint density at radius 1 is 1.30 bits per heavy atom. The second-order valence-corrected chi connectivity index (χ2v) is 6.83. The fourth-order valence-electron chi connectivity index (χ4n) is 2.92. The summed E-state index contributed by atoms with van der Waals surface area (Å²) in [6.45, 7) is 1.28. The first-order valence-electron chi connectivity index (χ1n) is 8.31. The van der Waals surface area contributed by atoms with Crippen LogP contribution in [0.5, 0.6) is 11.5 Å². The third-order valence-corrected chi connectivity index (χ3v) is 4.93. The van der Waals surface area contributed by atoms with Crippen LogP contribution in [0.2, 0.25) is 10.0 Å². The highest BCUT2D eigenvalue weighted by Crippen LogP contribution is 2.38. The number of amides is 1. The summed E-state index contributed by atoms with van der Waals surface area (Å²) >= 11 is 12.7. The van der Waals surface area contributed by atoms with Crippen LogP contribution in [0.25, 0.3) is 0 Å². The Morgan fingerprint density at radius 2 is 2.04 bits per heavy atom. The van der Waals surface area contributed by atoms with Gasteiger partial charge >= 0.3 is 6.09 Å². The van der Waals surface area contributed by atoms with Gasteiger partial charge in [0.2, 0.25) is 0 Å². The van der Waals surface area contributed by atoms with E-state index < -0.39 is 6.09 Å². The highest BCUT2D eigenvalue weighted by atomic mass is 35.5. The predicted molar refractivity (Wildman–Crippen MR) is 105 cm³/mol. The minimum absolute atomic E-state index is 0.0644. The Hall–Kier alpha value is -2.62. The van der Waals surface area contributed by atoms with E-state index in [1.54, 1.807) is 30.5 Å². The number of pyridine rings is 1. The molecule has 1 saturated heterocycles. The highest BCUT2D eigenvalue weighted by Gasteiger charge is 2.24. The maximum atomic E-state index is 10.8. The number of piperidine rings is 1. The molecule has 1 aliphatic heterocycles. The number of nitrogens with one attached hydrogen (secondary N) is 1. The van der Waals surface area contributed by atoms with Crippen molar-refractivity contribution in [3.63, 3.8) is 0 Å². The topological polar surface area (TPSA) is 74.7 Å². The van der Waals surface area contributed by atoms with E-state index in [4.69, 9.17) is 39.5 Å². The van der Waals surface area contributed by atoms with Gasteiger partial charge in [0.25, 0.3) is 0 Å². The SMILES string of the molecule is C#Cc1ccc(Oc2ccnc(N3CCC(NC(=O)O)CC3)c2Cl)c(Cl)c1. The zero-order chi connectivity index (χ0) is 19.4. The van der Waals surface area contributed by atoms with Crippen LogP contribution in [0.1, 0.15) is 18.4 Å². The third-order valence-electron chi connectivity index (χ3n) is 4.28. The van der Waals surface area contributed by atoms with Crippen LogP contribution < -0.4 is 15.0 Å². The third kappa shape index (κ3) is 4.57. The van der Waals surface area contributed by atoms with Crippen LogP contribution >= 0.6 is 23.2 Å². The summed E-state index contributed by atoms with van der Waals surface area (Å²) in [6.07, 6.45) is 7.32. The number of hydrogen-bond acceptors (Lipinski definition) is 4. The van der Waals surface area contributed by atoms with Gasteiger partial charge < -0.3 is 20.1 Å². The number of rotatable bonds is 4. The number of halogens is 2. The van der Waals surface area contributed by atoms with Crippen LogP contribution in [0, 0.1) is 12.3 Å². The molecule has 6 nitrogen and oxygen atoms in total. The summed E-state index contributed by atoms with van der Waals surface area (Å²) in [6, 6.07) is 6.67. The van der Waals surface area contributed by atoms with E-state index in [2.05, 4.69) is 16.2 Å². The second-order valence-electron chi connectivity index (χ2n) is 6.05. The van der Waals surface area contributed by atoms with Crippen molar-refractivity contribution in [3.8, 4) is 23.8 Å². The van der Waals surface area contributed by atoms with E-state index in [-0.39, 0.29) is 6.04 Å². The van der Waals surface area contributed by atoms with Gasteiger partial charge in [-0.05, 0) is 31.0 Å². The molecule has 0 aliphatic carbocycles. The fraction of sp³-hybridized carbons (Fsp3) is 0.263. The van der Waals surface area contributed by atoms with Crippen molar-refractivity contribution in [2.45, 2.75) is 18.9 Å². The van der Waals surface area contributed by atoms with Crippen molar-refractivity contribution < 1.29 is 14.6 Å². The van der Waals surface area contributed by atoms with Crippen molar-refractivity contribution in [3.05, 3.63) is 46.1 Å². The van der Waals surface area contributed by atoms with Crippen molar-refractivity contribution in [2.24, 2.45) is 0 Å². The summed E-state index contributed by atoms with van der Waals surface area (Å²) < 4.78 is 5.86. The first kappa shape index (κ1) is 19.2. The smallest absolute Gasteiger partial charge is 0.404 e. The monoisotopic (exact) mass is 405 g/mol. The average Bonchev–Trinajstić information content (AvgIpc) is 2.65. The predicted octanol–water partition coefficient (Wildman–Crippen LogP) is 4.40. The molecule has 0 atom stereocenters. The van der Waals surface area contributed by atoms with Gasteiger partial charge in [0.05, 0.1) is 5.02 Å². The lowest BCUT2D eigenvalue weighted by Crippen LogP contribution is -2.44.